The third kappa shape index (κ3) is 3.72. The van der Waals surface area contributed by atoms with Gasteiger partial charge in [0.05, 0.1) is 12.7 Å². The molecule has 1 unspecified atom stereocenters. The first-order valence-corrected chi connectivity index (χ1v) is 7.78. The summed E-state index contributed by atoms with van der Waals surface area (Å²) in [4.78, 5) is 0. The van der Waals surface area contributed by atoms with Crippen molar-refractivity contribution in [1.29, 1.82) is 0 Å². The molecule has 110 valence electrons. The molecule has 0 bridgehead atoms. The second-order valence-corrected chi connectivity index (χ2v) is 5.75. The van der Waals surface area contributed by atoms with Gasteiger partial charge in [0.15, 0.2) is 0 Å². The Morgan fingerprint density at radius 3 is 2.95 bits per heavy atom. The smallest absolute Gasteiger partial charge is 0.0952 e. The Hall–Kier alpha value is -1.64. The molecule has 21 heavy (non-hydrogen) atoms. The van der Waals surface area contributed by atoms with Gasteiger partial charge in [-0.15, -0.1) is 0 Å². The molecule has 0 radical (unpaired) electrons. The summed E-state index contributed by atoms with van der Waals surface area (Å²) in [5.74, 6) is 0. The predicted octanol–water partition coefficient (Wildman–Crippen LogP) is 3.44. The third-order valence-electron chi connectivity index (χ3n) is 4.10. The maximum absolute atomic E-state index is 5.91. The van der Waals surface area contributed by atoms with Gasteiger partial charge in [-0.2, -0.15) is 0 Å². The molecule has 2 aromatic carbocycles. The lowest BCUT2D eigenvalue weighted by atomic mass is 9.97. The maximum atomic E-state index is 5.91. The lowest BCUT2D eigenvalue weighted by Gasteiger charge is -2.26. The molecule has 0 amide bonds. The number of hydrogen-bond donors (Lipinski definition) is 1. The quantitative estimate of drug-likeness (QED) is 0.848. The number of nitrogens with one attached hydrogen (secondary N) is 1. The van der Waals surface area contributed by atoms with Gasteiger partial charge in [-0.1, -0.05) is 54.1 Å². The summed E-state index contributed by atoms with van der Waals surface area (Å²) < 4.78 is 5.91. The van der Waals surface area contributed by atoms with Gasteiger partial charge in [-0.3, -0.25) is 0 Å². The van der Waals surface area contributed by atoms with Crippen molar-refractivity contribution < 1.29 is 4.74 Å². The Labute approximate surface area is 127 Å². The molecular weight excluding hydrogens is 258 g/mol. The number of rotatable bonds is 5. The molecule has 1 atom stereocenters. The van der Waals surface area contributed by atoms with E-state index in [-0.39, 0.29) is 6.10 Å². The zero-order valence-electron chi connectivity index (χ0n) is 12.6. The first-order valence-electron chi connectivity index (χ1n) is 7.78. The molecule has 1 heterocycles. The van der Waals surface area contributed by atoms with Crippen molar-refractivity contribution in [3.63, 3.8) is 0 Å². The molecular formula is C19H23NO. The van der Waals surface area contributed by atoms with Crippen molar-refractivity contribution in [2.45, 2.75) is 25.9 Å². The molecule has 1 aliphatic heterocycles. The zero-order chi connectivity index (χ0) is 14.5. The summed E-state index contributed by atoms with van der Waals surface area (Å²) >= 11 is 0. The average molecular weight is 281 g/mol. The largest absolute Gasteiger partial charge is 0.372 e. The number of fused-ring (bicyclic) bond motifs is 1. The van der Waals surface area contributed by atoms with Crippen LogP contribution in [0, 0.1) is 6.92 Å². The Morgan fingerprint density at radius 1 is 1.14 bits per heavy atom. The third-order valence-corrected chi connectivity index (χ3v) is 4.10. The molecule has 0 aromatic heterocycles. The van der Waals surface area contributed by atoms with Crippen molar-refractivity contribution in [1.82, 2.24) is 5.32 Å². The Bertz CT molecular complexity index is 594. The van der Waals surface area contributed by atoms with E-state index < -0.39 is 0 Å². The molecule has 1 aliphatic rings. The van der Waals surface area contributed by atoms with E-state index in [9.17, 15) is 0 Å². The molecule has 3 rings (SSSR count). The molecule has 0 fully saturated rings. The second-order valence-electron chi connectivity index (χ2n) is 5.75. The van der Waals surface area contributed by atoms with E-state index in [1.54, 1.807) is 0 Å². The zero-order valence-corrected chi connectivity index (χ0v) is 12.6. The molecule has 2 heteroatoms. The Balaban J connectivity index is 1.50. The summed E-state index contributed by atoms with van der Waals surface area (Å²) in [6.45, 7) is 4.86. The van der Waals surface area contributed by atoms with E-state index >= 15 is 0 Å². The molecule has 1 N–H and O–H groups in total. The average Bonchev–Trinajstić information content (AvgIpc) is 2.52. The molecule has 0 saturated heterocycles. The SMILES string of the molecule is Cc1cccc(CCNCC2OCCc3ccccc32)c1. The fourth-order valence-electron chi connectivity index (χ4n) is 2.98. The highest BCUT2D eigenvalue weighted by molar-refractivity contribution is 5.31. The van der Waals surface area contributed by atoms with Crippen molar-refractivity contribution in [2.24, 2.45) is 0 Å². The fourth-order valence-corrected chi connectivity index (χ4v) is 2.98. The van der Waals surface area contributed by atoms with Gasteiger partial charge in [0.25, 0.3) is 0 Å². The minimum atomic E-state index is 0.201. The fraction of sp³-hybridized carbons (Fsp3) is 0.368. The van der Waals surface area contributed by atoms with Gasteiger partial charge in [0, 0.05) is 6.54 Å². The van der Waals surface area contributed by atoms with E-state index in [1.807, 2.05) is 0 Å². The summed E-state index contributed by atoms with van der Waals surface area (Å²) in [7, 11) is 0. The van der Waals surface area contributed by atoms with Crippen LogP contribution in [0.5, 0.6) is 0 Å². The highest BCUT2D eigenvalue weighted by atomic mass is 16.5. The molecule has 0 aliphatic carbocycles. The molecule has 2 nitrogen and oxygen atoms in total. The van der Waals surface area contributed by atoms with E-state index in [0.717, 1.165) is 32.5 Å². The van der Waals surface area contributed by atoms with Crippen LogP contribution in [0.25, 0.3) is 0 Å². The van der Waals surface area contributed by atoms with Crippen LogP contribution >= 0.6 is 0 Å². The van der Waals surface area contributed by atoms with Crippen LogP contribution in [0.3, 0.4) is 0 Å². The van der Waals surface area contributed by atoms with E-state index in [0.29, 0.717) is 0 Å². The van der Waals surface area contributed by atoms with Crippen LogP contribution in [0.2, 0.25) is 0 Å². The number of aryl methyl sites for hydroxylation is 1. The molecule has 2 aromatic rings. The molecule has 0 saturated carbocycles. The van der Waals surface area contributed by atoms with E-state index in [4.69, 9.17) is 4.74 Å². The van der Waals surface area contributed by atoms with Crippen molar-refractivity contribution in [3.05, 3.63) is 70.8 Å². The Morgan fingerprint density at radius 2 is 2.05 bits per heavy atom. The van der Waals surface area contributed by atoms with Gasteiger partial charge in [0.1, 0.15) is 0 Å². The first kappa shape index (κ1) is 14.3. The summed E-state index contributed by atoms with van der Waals surface area (Å²) in [6.07, 6.45) is 2.30. The van der Waals surface area contributed by atoms with Gasteiger partial charge >= 0.3 is 0 Å². The van der Waals surface area contributed by atoms with Crippen LogP contribution in [0.4, 0.5) is 0 Å². The van der Waals surface area contributed by atoms with Crippen molar-refractivity contribution >= 4 is 0 Å². The van der Waals surface area contributed by atoms with Crippen LogP contribution in [-0.2, 0) is 17.6 Å². The standard InChI is InChI=1S/C19H23NO/c1-15-5-4-6-16(13-15)9-11-20-14-19-18-8-3-2-7-17(18)10-12-21-19/h2-8,13,19-20H,9-12,14H2,1H3. The van der Waals surface area contributed by atoms with Gasteiger partial charge in [-0.25, -0.2) is 0 Å². The van der Waals surface area contributed by atoms with Crippen molar-refractivity contribution in [3.8, 4) is 0 Å². The number of hydrogen-bond acceptors (Lipinski definition) is 2. The van der Waals surface area contributed by atoms with Gasteiger partial charge < -0.3 is 10.1 Å². The van der Waals surface area contributed by atoms with Crippen LogP contribution in [0.15, 0.2) is 48.5 Å². The van der Waals surface area contributed by atoms with Crippen molar-refractivity contribution in [2.75, 3.05) is 19.7 Å². The maximum Gasteiger partial charge on any atom is 0.0952 e. The predicted molar refractivity (Wildman–Crippen MR) is 86.6 cm³/mol. The highest BCUT2D eigenvalue weighted by Crippen LogP contribution is 2.26. The van der Waals surface area contributed by atoms with Crippen LogP contribution in [-0.4, -0.2) is 19.7 Å². The summed E-state index contributed by atoms with van der Waals surface area (Å²) in [5.41, 5.74) is 5.52. The topological polar surface area (TPSA) is 21.3 Å². The monoisotopic (exact) mass is 281 g/mol. The van der Waals surface area contributed by atoms with Gasteiger partial charge in [-0.05, 0) is 43.0 Å². The van der Waals surface area contributed by atoms with Crippen LogP contribution in [0.1, 0.15) is 28.4 Å². The normalized spacial score (nSPS) is 17.5. The van der Waals surface area contributed by atoms with Gasteiger partial charge in [0.2, 0.25) is 0 Å². The molecule has 0 spiro atoms. The Kier molecular flexibility index (Phi) is 4.69. The van der Waals surface area contributed by atoms with E-state index in [1.165, 1.54) is 22.3 Å². The lowest BCUT2D eigenvalue weighted by Crippen LogP contribution is -2.28. The summed E-state index contributed by atoms with van der Waals surface area (Å²) in [6, 6.07) is 17.4. The lowest BCUT2D eigenvalue weighted by molar-refractivity contribution is 0.0427. The van der Waals surface area contributed by atoms with E-state index in [2.05, 4.69) is 60.8 Å². The summed E-state index contributed by atoms with van der Waals surface area (Å²) in [5, 5.41) is 3.54. The first-order chi connectivity index (χ1) is 10.3. The van der Waals surface area contributed by atoms with Crippen LogP contribution < -0.4 is 5.32 Å². The minimum absolute atomic E-state index is 0.201. The minimum Gasteiger partial charge on any atom is -0.372 e. The second kappa shape index (κ2) is 6.88. The number of benzene rings is 2. The number of ether oxygens (including phenoxy) is 1. The highest BCUT2D eigenvalue weighted by Gasteiger charge is 2.19.